The number of rotatable bonds is 5. The average Bonchev–Trinajstić information content (AvgIpc) is 2.86. The molecule has 0 saturated heterocycles. The van der Waals surface area contributed by atoms with Crippen LogP contribution in [0.1, 0.15) is 40.0 Å². The number of nitrogens with zero attached hydrogens (tertiary/aromatic N) is 2. The van der Waals surface area contributed by atoms with Crippen molar-refractivity contribution in [3.63, 3.8) is 0 Å². The first-order chi connectivity index (χ1) is 6.63. The quantitative estimate of drug-likeness (QED) is 0.539. The van der Waals surface area contributed by atoms with Crippen LogP contribution >= 0.6 is 0 Å². The first-order valence-corrected chi connectivity index (χ1v) is 5.71. The molecule has 82 valence electrons. The van der Waals surface area contributed by atoms with Crippen molar-refractivity contribution < 1.29 is 0 Å². The lowest BCUT2D eigenvalue weighted by Gasteiger charge is -2.23. The van der Waals surface area contributed by atoms with Gasteiger partial charge in [0.05, 0.1) is 0 Å². The second-order valence-electron chi connectivity index (χ2n) is 4.47. The zero-order chi connectivity index (χ0) is 10.6. The highest BCUT2D eigenvalue weighted by molar-refractivity contribution is 5.78. The highest BCUT2D eigenvalue weighted by Gasteiger charge is 2.24. The number of guanidine groups is 1. The summed E-state index contributed by atoms with van der Waals surface area (Å²) >= 11 is 0. The molecule has 1 rings (SSSR count). The SMILES string of the molecule is CCCN(CC1CC1)C(N)=NC(C)C. The van der Waals surface area contributed by atoms with E-state index in [0.717, 1.165) is 31.4 Å². The molecule has 0 atom stereocenters. The fourth-order valence-corrected chi connectivity index (χ4v) is 1.53. The minimum Gasteiger partial charge on any atom is -0.370 e. The molecule has 0 unspecified atom stereocenters. The molecule has 0 aliphatic heterocycles. The van der Waals surface area contributed by atoms with Gasteiger partial charge in [0.1, 0.15) is 0 Å². The van der Waals surface area contributed by atoms with Gasteiger partial charge in [-0.25, -0.2) is 0 Å². The average molecular weight is 197 g/mol. The van der Waals surface area contributed by atoms with E-state index in [4.69, 9.17) is 5.73 Å². The molecule has 3 nitrogen and oxygen atoms in total. The maximum atomic E-state index is 5.96. The van der Waals surface area contributed by atoms with Crippen molar-refractivity contribution in [2.45, 2.75) is 46.1 Å². The fourth-order valence-electron chi connectivity index (χ4n) is 1.53. The normalized spacial score (nSPS) is 17.6. The monoisotopic (exact) mass is 197 g/mol. The van der Waals surface area contributed by atoms with Crippen molar-refractivity contribution in [3.05, 3.63) is 0 Å². The Morgan fingerprint density at radius 3 is 2.57 bits per heavy atom. The summed E-state index contributed by atoms with van der Waals surface area (Å²) in [7, 11) is 0. The molecule has 0 radical (unpaired) electrons. The first-order valence-electron chi connectivity index (χ1n) is 5.71. The Morgan fingerprint density at radius 2 is 2.14 bits per heavy atom. The molecule has 1 saturated carbocycles. The standard InChI is InChI=1S/C11H23N3/c1-4-7-14(8-10-5-6-10)11(12)13-9(2)3/h9-10H,4-8H2,1-3H3,(H2,12,13). The lowest BCUT2D eigenvalue weighted by molar-refractivity contribution is 0.392. The predicted octanol–water partition coefficient (Wildman–Crippen LogP) is 1.83. The number of hydrogen-bond donors (Lipinski definition) is 1. The van der Waals surface area contributed by atoms with Crippen LogP contribution in [-0.2, 0) is 0 Å². The van der Waals surface area contributed by atoms with Crippen molar-refractivity contribution in [2.75, 3.05) is 13.1 Å². The van der Waals surface area contributed by atoms with Gasteiger partial charge in [0, 0.05) is 19.1 Å². The lowest BCUT2D eigenvalue weighted by Crippen LogP contribution is -2.39. The van der Waals surface area contributed by atoms with Crippen LogP contribution in [0.4, 0.5) is 0 Å². The molecular formula is C11H23N3. The fraction of sp³-hybridized carbons (Fsp3) is 0.909. The van der Waals surface area contributed by atoms with Gasteiger partial charge in [0.25, 0.3) is 0 Å². The van der Waals surface area contributed by atoms with E-state index in [-0.39, 0.29) is 0 Å². The van der Waals surface area contributed by atoms with E-state index >= 15 is 0 Å². The van der Waals surface area contributed by atoms with Crippen molar-refractivity contribution in [1.29, 1.82) is 0 Å². The molecule has 0 aromatic rings. The Hall–Kier alpha value is -0.730. The van der Waals surface area contributed by atoms with Crippen LogP contribution < -0.4 is 5.73 Å². The summed E-state index contributed by atoms with van der Waals surface area (Å²) in [6, 6.07) is 0.300. The van der Waals surface area contributed by atoms with Crippen LogP contribution in [0, 0.1) is 5.92 Å². The molecule has 0 aromatic heterocycles. The van der Waals surface area contributed by atoms with E-state index in [0.29, 0.717) is 6.04 Å². The van der Waals surface area contributed by atoms with Crippen molar-refractivity contribution in [3.8, 4) is 0 Å². The third-order valence-electron chi connectivity index (χ3n) is 2.38. The van der Waals surface area contributed by atoms with Crippen molar-refractivity contribution in [1.82, 2.24) is 4.90 Å². The van der Waals surface area contributed by atoms with E-state index < -0.39 is 0 Å². The van der Waals surface area contributed by atoms with Gasteiger partial charge in [0.2, 0.25) is 0 Å². The number of aliphatic imine (C=N–C) groups is 1. The molecule has 1 aliphatic rings. The Morgan fingerprint density at radius 1 is 1.50 bits per heavy atom. The summed E-state index contributed by atoms with van der Waals surface area (Å²) in [5.41, 5.74) is 5.96. The van der Waals surface area contributed by atoms with Crippen LogP contribution in [0.25, 0.3) is 0 Å². The molecule has 1 fully saturated rings. The second-order valence-corrected chi connectivity index (χ2v) is 4.47. The van der Waals surface area contributed by atoms with Gasteiger partial charge >= 0.3 is 0 Å². The topological polar surface area (TPSA) is 41.6 Å². The Labute approximate surface area is 87.4 Å². The zero-order valence-electron chi connectivity index (χ0n) is 9.66. The van der Waals surface area contributed by atoms with Crippen LogP contribution in [0.3, 0.4) is 0 Å². The number of hydrogen-bond acceptors (Lipinski definition) is 1. The number of nitrogens with two attached hydrogens (primary N) is 1. The second kappa shape index (κ2) is 5.23. The van der Waals surface area contributed by atoms with Crippen LogP contribution in [0.2, 0.25) is 0 Å². The van der Waals surface area contributed by atoms with Crippen LogP contribution in [0.5, 0.6) is 0 Å². The van der Waals surface area contributed by atoms with Crippen LogP contribution in [0.15, 0.2) is 4.99 Å². The third-order valence-corrected chi connectivity index (χ3v) is 2.38. The maximum absolute atomic E-state index is 5.96. The smallest absolute Gasteiger partial charge is 0.191 e. The van der Waals surface area contributed by atoms with E-state index in [1.807, 2.05) is 0 Å². The molecule has 0 amide bonds. The molecule has 2 N–H and O–H groups in total. The summed E-state index contributed by atoms with van der Waals surface area (Å²) in [6.07, 6.45) is 3.88. The minimum atomic E-state index is 0.300. The maximum Gasteiger partial charge on any atom is 0.191 e. The van der Waals surface area contributed by atoms with Gasteiger partial charge in [-0.15, -0.1) is 0 Å². The van der Waals surface area contributed by atoms with E-state index in [9.17, 15) is 0 Å². The summed E-state index contributed by atoms with van der Waals surface area (Å²) < 4.78 is 0. The van der Waals surface area contributed by atoms with Crippen molar-refractivity contribution in [2.24, 2.45) is 16.6 Å². The van der Waals surface area contributed by atoms with Gasteiger partial charge in [-0.1, -0.05) is 6.92 Å². The summed E-state index contributed by atoms with van der Waals surface area (Å²) in [5, 5.41) is 0. The summed E-state index contributed by atoms with van der Waals surface area (Å²) in [4.78, 5) is 6.63. The third kappa shape index (κ3) is 3.99. The zero-order valence-corrected chi connectivity index (χ0v) is 9.66. The predicted molar refractivity (Wildman–Crippen MR) is 61.3 cm³/mol. The summed E-state index contributed by atoms with van der Waals surface area (Å²) in [5.74, 6) is 1.61. The van der Waals surface area contributed by atoms with E-state index in [1.165, 1.54) is 12.8 Å². The molecule has 0 bridgehead atoms. The van der Waals surface area contributed by atoms with E-state index in [2.05, 4.69) is 30.7 Å². The first kappa shape index (κ1) is 11.3. The molecule has 14 heavy (non-hydrogen) atoms. The lowest BCUT2D eigenvalue weighted by atomic mass is 10.3. The van der Waals surface area contributed by atoms with Gasteiger partial charge in [-0.3, -0.25) is 4.99 Å². The van der Waals surface area contributed by atoms with Crippen molar-refractivity contribution >= 4 is 5.96 Å². The van der Waals surface area contributed by atoms with Gasteiger partial charge in [-0.2, -0.15) is 0 Å². The van der Waals surface area contributed by atoms with Gasteiger partial charge < -0.3 is 10.6 Å². The highest BCUT2D eigenvalue weighted by atomic mass is 15.3. The Bertz CT molecular complexity index is 195. The minimum absolute atomic E-state index is 0.300. The highest BCUT2D eigenvalue weighted by Crippen LogP contribution is 2.29. The molecule has 0 aromatic carbocycles. The molecular weight excluding hydrogens is 174 g/mol. The van der Waals surface area contributed by atoms with Gasteiger partial charge in [-0.05, 0) is 39.0 Å². The molecule has 0 spiro atoms. The summed E-state index contributed by atoms with van der Waals surface area (Å²) in [6.45, 7) is 8.46. The van der Waals surface area contributed by atoms with E-state index in [1.54, 1.807) is 0 Å². The van der Waals surface area contributed by atoms with Crippen LogP contribution in [-0.4, -0.2) is 30.0 Å². The van der Waals surface area contributed by atoms with Gasteiger partial charge in [0.15, 0.2) is 5.96 Å². The molecule has 3 heteroatoms. The largest absolute Gasteiger partial charge is 0.370 e. The Balaban J connectivity index is 2.45. The molecule has 0 heterocycles. The molecule has 1 aliphatic carbocycles. The Kier molecular flexibility index (Phi) is 4.23.